The van der Waals surface area contributed by atoms with Gasteiger partial charge in [0.25, 0.3) is 0 Å². The number of ketones is 1. The first-order valence-corrected chi connectivity index (χ1v) is 4.93. The van der Waals surface area contributed by atoms with Crippen LogP contribution in [0, 0.1) is 5.41 Å². The van der Waals surface area contributed by atoms with Gasteiger partial charge in [0.2, 0.25) is 0 Å². The van der Waals surface area contributed by atoms with Crippen molar-refractivity contribution in [2.75, 3.05) is 0 Å². The van der Waals surface area contributed by atoms with Gasteiger partial charge in [-0.1, -0.05) is 6.42 Å². The zero-order chi connectivity index (χ0) is 8.89. The highest BCUT2D eigenvalue weighted by molar-refractivity contribution is 6.02. The predicted octanol–water partition coefficient (Wildman–Crippen LogP) is 2.58. The second-order valence-corrected chi connectivity index (χ2v) is 4.22. The lowest BCUT2D eigenvalue weighted by Crippen LogP contribution is -2.41. The molecule has 1 fully saturated rings. The van der Waals surface area contributed by atoms with Gasteiger partial charge in [0.1, 0.15) is 5.76 Å². The van der Waals surface area contributed by atoms with Crippen LogP contribution in [0.2, 0.25) is 0 Å². The highest BCUT2D eigenvalue weighted by atomic mass is 16.3. The monoisotopic (exact) mass is 176 g/mol. The average Bonchev–Trinajstić information content (AvgIpc) is 2.50. The fourth-order valence-electron chi connectivity index (χ4n) is 2.57. The summed E-state index contributed by atoms with van der Waals surface area (Å²) < 4.78 is 5.27. The molecule has 0 saturated heterocycles. The van der Waals surface area contributed by atoms with Crippen molar-refractivity contribution in [3.63, 3.8) is 0 Å². The van der Waals surface area contributed by atoms with Crippen molar-refractivity contribution in [2.24, 2.45) is 5.41 Å². The number of fused-ring (bicyclic) bond motifs is 1. The van der Waals surface area contributed by atoms with E-state index in [1.165, 1.54) is 6.42 Å². The molecule has 1 saturated carbocycles. The predicted molar refractivity (Wildman–Crippen MR) is 47.6 cm³/mol. The molecule has 0 aliphatic heterocycles. The second-order valence-electron chi connectivity index (χ2n) is 4.22. The van der Waals surface area contributed by atoms with E-state index in [1.54, 1.807) is 6.26 Å². The topological polar surface area (TPSA) is 30.2 Å². The van der Waals surface area contributed by atoms with Gasteiger partial charge in [-0.15, -0.1) is 0 Å². The molecule has 1 spiro atoms. The van der Waals surface area contributed by atoms with Crippen LogP contribution in [0.15, 0.2) is 16.7 Å². The molecule has 0 bridgehead atoms. The summed E-state index contributed by atoms with van der Waals surface area (Å²) in [6, 6.07) is 1.83. The first kappa shape index (κ1) is 7.36. The van der Waals surface area contributed by atoms with Crippen LogP contribution in [0.3, 0.4) is 0 Å². The van der Waals surface area contributed by atoms with Gasteiger partial charge in [-0.05, 0) is 25.3 Å². The highest BCUT2D eigenvalue weighted by Gasteiger charge is 2.47. The van der Waals surface area contributed by atoms with Crippen LogP contribution in [0.4, 0.5) is 0 Å². The Kier molecular flexibility index (Phi) is 1.27. The molecule has 2 aliphatic rings. The molecule has 2 heteroatoms. The molecule has 0 unspecified atom stereocenters. The van der Waals surface area contributed by atoms with E-state index in [0.717, 1.165) is 37.0 Å². The lowest BCUT2D eigenvalue weighted by atomic mass is 9.60. The molecular formula is C11H12O2. The zero-order valence-corrected chi connectivity index (χ0v) is 7.51. The Morgan fingerprint density at radius 1 is 1.31 bits per heavy atom. The van der Waals surface area contributed by atoms with Gasteiger partial charge in [0, 0.05) is 11.8 Å². The molecule has 3 rings (SSSR count). The Morgan fingerprint density at radius 3 is 2.85 bits per heavy atom. The third-order valence-electron chi connectivity index (χ3n) is 3.61. The number of carbonyl (C=O) groups excluding carboxylic acids is 1. The Labute approximate surface area is 76.9 Å². The van der Waals surface area contributed by atoms with Crippen LogP contribution >= 0.6 is 0 Å². The summed E-state index contributed by atoms with van der Waals surface area (Å²) in [7, 11) is 0. The summed E-state index contributed by atoms with van der Waals surface area (Å²) in [6.45, 7) is 0. The maximum absolute atomic E-state index is 12.0. The van der Waals surface area contributed by atoms with Crippen LogP contribution in [0.1, 0.15) is 41.8 Å². The van der Waals surface area contributed by atoms with Crippen molar-refractivity contribution in [3.05, 3.63) is 23.7 Å². The number of aryl methyl sites for hydroxylation is 1. The molecule has 1 aromatic rings. The second kappa shape index (κ2) is 2.25. The van der Waals surface area contributed by atoms with Crippen LogP contribution < -0.4 is 0 Å². The Balaban J connectivity index is 2.06. The van der Waals surface area contributed by atoms with Crippen LogP contribution in [-0.2, 0) is 6.42 Å². The van der Waals surface area contributed by atoms with E-state index in [2.05, 4.69) is 0 Å². The molecule has 0 atom stereocenters. The molecule has 0 amide bonds. The summed E-state index contributed by atoms with van der Waals surface area (Å²) in [4.78, 5) is 12.0. The summed E-state index contributed by atoms with van der Waals surface area (Å²) in [6.07, 6.45) is 7.01. The van der Waals surface area contributed by atoms with E-state index < -0.39 is 0 Å². The van der Waals surface area contributed by atoms with Crippen LogP contribution in [-0.4, -0.2) is 5.78 Å². The van der Waals surface area contributed by atoms with Crippen molar-refractivity contribution in [2.45, 2.75) is 32.1 Å². The summed E-state index contributed by atoms with van der Waals surface area (Å²) in [5.41, 5.74) is 0.877. The Hall–Kier alpha value is -1.05. The minimum Gasteiger partial charge on any atom is -0.469 e. The first-order chi connectivity index (χ1) is 6.32. The quantitative estimate of drug-likeness (QED) is 0.608. The fraction of sp³-hybridized carbons (Fsp3) is 0.545. The van der Waals surface area contributed by atoms with Gasteiger partial charge in [0.05, 0.1) is 11.8 Å². The van der Waals surface area contributed by atoms with Crippen LogP contribution in [0.5, 0.6) is 0 Å². The van der Waals surface area contributed by atoms with Gasteiger partial charge >= 0.3 is 0 Å². The maximum atomic E-state index is 12.0. The van der Waals surface area contributed by atoms with Crippen molar-refractivity contribution in [1.29, 1.82) is 0 Å². The maximum Gasteiger partial charge on any atom is 0.172 e. The third-order valence-corrected chi connectivity index (χ3v) is 3.61. The van der Waals surface area contributed by atoms with E-state index in [4.69, 9.17) is 4.42 Å². The minimum absolute atomic E-state index is 0.0247. The largest absolute Gasteiger partial charge is 0.469 e. The van der Waals surface area contributed by atoms with E-state index in [9.17, 15) is 4.79 Å². The molecule has 2 aliphatic carbocycles. The van der Waals surface area contributed by atoms with Crippen molar-refractivity contribution < 1.29 is 9.21 Å². The number of hydrogen-bond donors (Lipinski definition) is 0. The molecule has 0 aromatic carbocycles. The fourth-order valence-corrected chi connectivity index (χ4v) is 2.57. The number of hydrogen-bond acceptors (Lipinski definition) is 2. The number of rotatable bonds is 0. The number of furan rings is 1. The van der Waals surface area contributed by atoms with Crippen molar-refractivity contribution in [3.8, 4) is 0 Å². The Morgan fingerprint density at radius 2 is 2.15 bits per heavy atom. The molecular weight excluding hydrogens is 164 g/mol. The molecule has 68 valence electrons. The lowest BCUT2D eigenvalue weighted by Gasteiger charge is -2.42. The molecule has 2 nitrogen and oxygen atoms in total. The smallest absolute Gasteiger partial charge is 0.172 e. The van der Waals surface area contributed by atoms with Crippen molar-refractivity contribution >= 4 is 5.78 Å². The zero-order valence-electron chi connectivity index (χ0n) is 7.51. The summed E-state index contributed by atoms with van der Waals surface area (Å²) in [5, 5.41) is 0. The number of carbonyl (C=O) groups is 1. The van der Waals surface area contributed by atoms with Crippen molar-refractivity contribution in [1.82, 2.24) is 0 Å². The summed E-state index contributed by atoms with van der Waals surface area (Å²) >= 11 is 0. The minimum atomic E-state index is 0.0247. The first-order valence-electron chi connectivity index (χ1n) is 4.93. The standard InChI is InChI=1S/C11H12O2/c12-10-8-3-7-13-9(8)2-6-11(10)4-1-5-11/h3,7H,1-2,4-6H2. The normalized spacial score (nSPS) is 24.2. The molecule has 0 radical (unpaired) electrons. The van der Waals surface area contributed by atoms with Gasteiger partial charge in [-0.25, -0.2) is 0 Å². The average molecular weight is 176 g/mol. The van der Waals surface area contributed by atoms with E-state index >= 15 is 0 Å². The SMILES string of the molecule is O=C1c2ccoc2CCC12CCC2. The molecule has 1 heterocycles. The Bertz CT molecular complexity index is 358. The van der Waals surface area contributed by atoms with E-state index in [1.807, 2.05) is 6.07 Å². The van der Waals surface area contributed by atoms with Crippen LogP contribution in [0.25, 0.3) is 0 Å². The lowest BCUT2D eigenvalue weighted by molar-refractivity contribution is 0.0544. The molecule has 0 N–H and O–H groups in total. The van der Waals surface area contributed by atoms with Gasteiger partial charge in [-0.3, -0.25) is 4.79 Å². The highest BCUT2D eigenvalue weighted by Crippen LogP contribution is 2.50. The van der Waals surface area contributed by atoms with Gasteiger partial charge < -0.3 is 4.42 Å². The van der Waals surface area contributed by atoms with Gasteiger partial charge in [0.15, 0.2) is 5.78 Å². The molecule has 1 aromatic heterocycles. The van der Waals surface area contributed by atoms with E-state index in [-0.39, 0.29) is 5.41 Å². The van der Waals surface area contributed by atoms with E-state index in [0.29, 0.717) is 5.78 Å². The van der Waals surface area contributed by atoms with Gasteiger partial charge in [-0.2, -0.15) is 0 Å². The molecule has 13 heavy (non-hydrogen) atoms. The summed E-state index contributed by atoms with van der Waals surface area (Å²) in [5.74, 6) is 1.25. The number of Topliss-reactive ketones (excluding diaryl/α,β-unsaturated/α-hetero) is 1. The third kappa shape index (κ3) is 0.808.